The summed E-state index contributed by atoms with van der Waals surface area (Å²) in [7, 11) is 0. The first-order chi connectivity index (χ1) is 9.45. The van der Waals surface area contributed by atoms with Crippen molar-refractivity contribution in [3.8, 4) is 0 Å². The minimum Gasteiger partial charge on any atom is -0.340 e. The zero-order valence-corrected chi connectivity index (χ0v) is 11.9. The van der Waals surface area contributed by atoms with Crippen molar-refractivity contribution >= 4 is 17.5 Å². The third-order valence-electron chi connectivity index (χ3n) is 4.05. The van der Waals surface area contributed by atoms with Crippen molar-refractivity contribution in [3.63, 3.8) is 0 Å². The predicted molar refractivity (Wildman–Crippen MR) is 74.8 cm³/mol. The lowest BCUT2D eigenvalue weighted by Gasteiger charge is -2.44. The number of piperazine rings is 1. The highest BCUT2D eigenvalue weighted by Crippen LogP contribution is 2.29. The first kappa shape index (κ1) is 14.5. The van der Waals surface area contributed by atoms with Crippen molar-refractivity contribution in [2.75, 3.05) is 4.90 Å². The van der Waals surface area contributed by atoms with Crippen molar-refractivity contribution in [2.24, 2.45) is 0 Å². The van der Waals surface area contributed by atoms with Crippen molar-refractivity contribution in [1.29, 1.82) is 0 Å². The summed E-state index contributed by atoms with van der Waals surface area (Å²) in [5, 5.41) is 2.82. The van der Waals surface area contributed by atoms with Gasteiger partial charge in [-0.3, -0.25) is 14.5 Å². The van der Waals surface area contributed by atoms with E-state index >= 15 is 0 Å². The van der Waals surface area contributed by atoms with Crippen LogP contribution in [-0.4, -0.2) is 23.4 Å². The van der Waals surface area contributed by atoms with Crippen LogP contribution in [0.3, 0.4) is 0 Å². The molecule has 1 unspecified atom stereocenters. The minimum absolute atomic E-state index is 0.180. The molecule has 1 aliphatic rings. The Morgan fingerprint density at radius 2 is 1.95 bits per heavy atom. The van der Waals surface area contributed by atoms with E-state index < -0.39 is 17.4 Å². The number of rotatable bonds is 3. The molecule has 0 aromatic heterocycles. The van der Waals surface area contributed by atoms with Crippen LogP contribution in [0.4, 0.5) is 10.1 Å². The number of nitrogens with one attached hydrogen (secondary N) is 1. The van der Waals surface area contributed by atoms with Crippen LogP contribution in [-0.2, 0) is 9.59 Å². The first-order valence-electron chi connectivity index (χ1n) is 6.86. The Labute approximate surface area is 118 Å². The standard InChI is InChI=1S/C15H19FN2O2/c1-4-15(5-2)14(20)18(10(3)13(19)17-15)12-8-6-7-11(16)9-12/h6-10H,4-5H2,1-3H3,(H,17,19). The quantitative estimate of drug-likeness (QED) is 0.921. The summed E-state index contributed by atoms with van der Waals surface area (Å²) in [4.78, 5) is 26.3. The molecular weight excluding hydrogens is 259 g/mol. The molecule has 0 saturated carbocycles. The first-order valence-corrected chi connectivity index (χ1v) is 6.86. The molecule has 108 valence electrons. The van der Waals surface area contributed by atoms with Crippen molar-refractivity contribution in [3.05, 3.63) is 30.1 Å². The number of hydrogen-bond acceptors (Lipinski definition) is 2. The van der Waals surface area contributed by atoms with Gasteiger partial charge in [-0.2, -0.15) is 0 Å². The number of benzene rings is 1. The van der Waals surface area contributed by atoms with E-state index in [1.54, 1.807) is 13.0 Å². The lowest BCUT2D eigenvalue weighted by Crippen LogP contribution is -2.69. The van der Waals surface area contributed by atoms with Gasteiger partial charge in [0.1, 0.15) is 17.4 Å². The van der Waals surface area contributed by atoms with Gasteiger partial charge in [0.05, 0.1) is 0 Å². The monoisotopic (exact) mass is 278 g/mol. The summed E-state index contributed by atoms with van der Waals surface area (Å²) in [6, 6.07) is 5.14. The fourth-order valence-electron chi connectivity index (χ4n) is 2.61. The molecule has 4 nitrogen and oxygen atoms in total. The maximum atomic E-state index is 13.4. The molecule has 1 heterocycles. The maximum Gasteiger partial charge on any atom is 0.253 e. The summed E-state index contributed by atoms with van der Waals surface area (Å²) in [5.74, 6) is -0.815. The highest BCUT2D eigenvalue weighted by Gasteiger charge is 2.47. The van der Waals surface area contributed by atoms with Gasteiger partial charge < -0.3 is 5.32 Å². The van der Waals surface area contributed by atoms with Crippen molar-refractivity contribution in [1.82, 2.24) is 5.32 Å². The molecular formula is C15H19FN2O2. The normalized spacial score (nSPS) is 21.8. The molecule has 0 bridgehead atoms. The highest BCUT2D eigenvalue weighted by atomic mass is 19.1. The van der Waals surface area contributed by atoms with E-state index in [9.17, 15) is 14.0 Å². The topological polar surface area (TPSA) is 49.4 Å². The van der Waals surface area contributed by atoms with Gasteiger partial charge in [-0.15, -0.1) is 0 Å². The molecule has 0 radical (unpaired) electrons. The van der Waals surface area contributed by atoms with Crippen LogP contribution in [0.1, 0.15) is 33.6 Å². The second-order valence-electron chi connectivity index (χ2n) is 5.11. The van der Waals surface area contributed by atoms with E-state index in [0.29, 0.717) is 18.5 Å². The average molecular weight is 278 g/mol. The number of carbonyl (C=O) groups excluding carboxylic acids is 2. The van der Waals surface area contributed by atoms with Crippen LogP contribution in [0.15, 0.2) is 24.3 Å². The van der Waals surface area contributed by atoms with Crippen molar-refractivity contribution < 1.29 is 14.0 Å². The van der Waals surface area contributed by atoms with Crippen LogP contribution in [0.25, 0.3) is 0 Å². The van der Waals surface area contributed by atoms with Gasteiger partial charge in [0.2, 0.25) is 5.91 Å². The fourth-order valence-corrected chi connectivity index (χ4v) is 2.61. The Morgan fingerprint density at radius 3 is 2.50 bits per heavy atom. The Bertz CT molecular complexity index is 540. The van der Waals surface area contributed by atoms with Crippen LogP contribution in [0.2, 0.25) is 0 Å². The van der Waals surface area contributed by atoms with Crippen LogP contribution in [0.5, 0.6) is 0 Å². The molecule has 1 N–H and O–H groups in total. The molecule has 20 heavy (non-hydrogen) atoms. The van der Waals surface area contributed by atoms with E-state index in [2.05, 4.69) is 5.32 Å². The van der Waals surface area contributed by atoms with E-state index in [1.807, 2.05) is 13.8 Å². The number of anilines is 1. The number of hydrogen-bond donors (Lipinski definition) is 1. The van der Waals surface area contributed by atoms with Gasteiger partial charge in [-0.25, -0.2) is 4.39 Å². The molecule has 2 amide bonds. The van der Waals surface area contributed by atoms with Crippen LogP contribution < -0.4 is 10.2 Å². The summed E-state index contributed by atoms with van der Waals surface area (Å²) in [6.45, 7) is 5.37. The van der Waals surface area contributed by atoms with Gasteiger partial charge in [0.25, 0.3) is 5.91 Å². The summed E-state index contributed by atoms with van der Waals surface area (Å²) in [6.07, 6.45) is 1.01. The largest absolute Gasteiger partial charge is 0.340 e. The molecule has 2 rings (SSSR count). The maximum absolute atomic E-state index is 13.4. The highest BCUT2D eigenvalue weighted by molar-refractivity contribution is 6.10. The molecule has 5 heteroatoms. The number of carbonyl (C=O) groups is 2. The van der Waals surface area contributed by atoms with Gasteiger partial charge in [0.15, 0.2) is 0 Å². The Balaban J connectivity index is 2.49. The smallest absolute Gasteiger partial charge is 0.253 e. The zero-order valence-electron chi connectivity index (χ0n) is 11.9. The molecule has 1 aromatic rings. The van der Waals surface area contributed by atoms with Crippen LogP contribution in [0, 0.1) is 5.82 Å². The second kappa shape index (κ2) is 5.23. The van der Waals surface area contributed by atoms with Gasteiger partial charge in [-0.1, -0.05) is 19.9 Å². The zero-order chi connectivity index (χ0) is 14.9. The van der Waals surface area contributed by atoms with Crippen molar-refractivity contribution in [2.45, 2.75) is 45.2 Å². The Kier molecular flexibility index (Phi) is 3.79. The summed E-state index contributed by atoms with van der Waals surface area (Å²) >= 11 is 0. The molecule has 1 fully saturated rings. The van der Waals surface area contributed by atoms with E-state index in [4.69, 9.17) is 0 Å². The number of amides is 2. The van der Waals surface area contributed by atoms with E-state index in [1.165, 1.54) is 23.1 Å². The van der Waals surface area contributed by atoms with Crippen LogP contribution >= 0.6 is 0 Å². The Hall–Kier alpha value is -1.91. The molecule has 0 aliphatic carbocycles. The Morgan fingerprint density at radius 1 is 1.30 bits per heavy atom. The minimum atomic E-state index is -0.893. The van der Waals surface area contributed by atoms with Gasteiger partial charge in [-0.05, 0) is 38.0 Å². The molecule has 0 spiro atoms. The fraction of sp³-hybridized carbons (Fsp3) is 0.467. The second-order valence-corrected chi connectivity index (χ2v) is 5.11. The average Bonchev–Trinajstić information content (AvgIpc) is 2.43. The molecule has 1 saturated heterocycles. The SMILES string of the molecule is CCC1(CC)NC(=O)C(C)N(c2cccc(F)c2)C1=O. The van der Waals surface area contributed by atoms with E-state index in [0.717, 1.165) is 0 Å². The third kappa shape index (κ3) is 2.17. The third-order valence-corrected chi connectivity index (χ3v) is 4.05. The summed E-state index contributed by atoms with van der Waals surface area (Å²) < 4.78 is 13.4. The number of nitrogens with zero attached hydrogens (tertiary/aromatic N) is 1. The lowest BCUT2D eigenvalue weighted by molar-refractivity contribution is -0.138. The molecule has 1 aromatic carbocycles. The molecule has 1 aliphatic heterocycles. The van der Waals surface area contributed by atoms with E-state index in [-0.39, 0.29) is 11.8 Å². The summed E-state index contributed by atoms with van der Waals surface area (Å²) in [5.41, 5.74) is -0.473. The predicted octanol–water partition coefficient (Wildman–Crippen LogP) is 2.24. The van der Waals surface area contributed by atoms with Gasteiger partial charge in [0, 0.05) is 5.69 Å². The van der Waals surface area contributed by atoms with Gasteiger partial charge >= 0.3 is 0 Å². The lowest BCUT2D eigenvalue weighted by atomic mass is 9.87. The molecule has 1 atom stereocenters. The number of halogens is 1.